The highest BCUT2D eigenvalue weighted by atomic mass is 79.9. The predicted octanol–water partition coefficient (Wildman–Crippen LogP) is 3.93. The van der Waals surface area contributed by atoms with Gasteiger partial charge in [-0.1, -0.05) is 11.6 Å². The van der Waals surface area contributed by atoms with E-state index in [1.54, 1.807) is 12.4 Å². The van der Waals surface area contributed by atoms with Crippen molar-refractivity contribution in [2.24, 2.45) is 5.73 Å². The molecule has 0 amide bonds. The molecule has 0 saturated heterocycles. The van der Waals surface area contributed by atoms with Gasteiger partial charge >= 0.3 is 0 Å². The number of aromatic nitrogens is 1. The van der Waals surface area contributed by atoms with Crippen LogP contribution in [-0.2, 0) is 6.42 Å². The number of halogens is 3. The smallest absolute Gasteiger partial charge is 0.146 e. The second kappa shape index (κ2) is 6.32. The van der Waals surface area contributed by atoms with E-state index in [1.165, 1.54) is 12.1 Å². The van der Waals surface area contributed by atoms with Gasteiger partial charge in [0.05, 0.1) is 15.7 Å². The van der Waals surface area contributed by atoms with Crippen molar-refractivity contribution in [3.8, 4) is 11.5 Å². The topological polar surface area (TPSA) is 48.1 Å². The number of hydrogen-bond acceptors (Lipinski definition) is 3. The van der Waals surface area contributed by atoms with Crippen LogP contribution in [0.25, 0.3) is 0 Å². The molecule has 1 aromatic carbocycles. The van der Waals surface area contributed by atoms with Crippen LogP contribution < -0.4 is 10.5 Å². The average Bonchev–Trinajstić information content (AvgIpc) is 2.37. The van der Waals surface area contributed by atoms with Crippen LogP contribution in [0.5, 0.6) is 11.5 Å². The average molecular weight is 346 g/mol. The van der Waals surface area contributed by atoms with E-state index in [2.05, 4.69) is 20.9 Å². The van der Waals surface area contributed by atoms with Crippen LogP contribution in [0.1, 0.15) is 5.56 Å². The molecule has 0 atom stereocenters. The van der Waals surface area contributed by atoms with Crippen LogP contribution in [0.15, 0.2) is 35.1 Å². The number of ether oxygens (including phenoxy) is 1. The molecule has 19 heavy (non-hydrogen) atoms. The minimum absolute atomic E-state index is 0.0363. The SMILES string of the molecule is NCCc1cncc(Oc2cc(F)c(Cl)cc2Br)c1. The van der Waals surface area contributed by atoms with Gasteiger partial charge < -0.3 is 10.5 Å². The maximum absolute atomic E-state index is 13.4. The summed E-state index contributed by atoms with van der Waals surface area (Å²) in [6.07, 6.45) is 3.98. The summed E-state index contributed by atoms with van der Waals surface area (Å²) in [5.41, 5.74) is 6.45. The van der Waals surface area contributed by atoms with Gasteiger partial charge in [-0.3, -0.25) is 4.98 Å². The van der Waals surface area contributed by atoms with Crippen LogP contribution in [-0.4, -0.2) is 11.5 Å². The fourth-order valence-electron chi connectivity index (χ4n) is 1.53. The molecule has 0 radical (unpaired) electrons. The summed E-state index contributed by atoms with van der Waals surface area (Å²) >= 11 is 8.94. The first kappa shape index (κ1) is 14.2. The zero-order chi connectivity index (χ0) is 13.8. The van der Waals surface area contributed by atoms with Gasteiger partial charge in [0.15, 0.2) is 0 Å². The first-order valence-electron chi connectivity index (χ1n) is 5.56. The van der Waals surface area contributed by atoms with E-state index in [-0.39, 0.29) is 5.02 Å². The zero-order valence-corrected chi connectivity index (χ0v) is 12.2. The summed E-state index contributed by atoms with van der Waals surface area (Å²) in [4.78, 5) is 4.05. The highest BCUT2D eigenvalue weighted by Gasteiger charge is 2.09. The first-order valence-corrected chi connectivity index (χ1v) is 6.73. The third-order valence-corrected chi connectivity index (χ3v) is 3.31. The van der Waals surface area contributed by atoms with Crippen LogP contribution in [0.3, 0.4) is 0 Å². The zero-order valence-electron chi connectivity index (χ0n) is 9.87. The number of hydrogen-bond donors (Lipinski definition) is 1. The number of pyridine rings is 1. The number of nitrogens with two attached hydrogens (primary N) is 1. The Morgan fingerprint density at radius 3 is 2.84 bits per heavy atom. The second-order valence-electron chi connectivity index (χ2n) is 3.87. The lowest BCUT2D eigenvalue weighted by atomic mass is 10.2. The van der Waals surface area contributed by atoms with Crippen molar-refractivity contribution >= 4 is 27.5 Å². The second-order valence-corrected chi connectivity index (χ2v) is 5.13. The maximum Gasteiger partial charge on any atom is 0.146 e. The minimum atomic E-state index is -0.536. The molecule has 2 rings (SSSR count). The largest absolute Gasteiger partial charge is 0.454 e. The molecule has 0 spiro atoms. The Morgan fingerprint density at radius 2 is 2.11 bits per heavy atom. The monoisotopic (exact) mass is 344 g/mol. The van der Waals surface area contributed by atoms with Crippen molar-refractivity contribution < 1.29 is 9.13 Å². The normalized spacial score (nSPS) is 10.5. The molecular formula is C13H11BrClFN2O. The van der Waals surface area contributed by atoms with Crippen molar-refractivity contribution in [1.82, 2.24) is 4.98 Å². The van der Waals surface area contributed by atoms with E-state index in [1.807, 2.05) is 6.07 Å². The molecule has 6 heteroatoms. The van der Waals surface area contributed by atoms with Crippen molar-refractivity contribution in [2.45, 2.75) is 6.42 Å². The van der Waals surface area contributed by atoms with E-state index in [4.69, 9.17) is 22.1 Å². The Hall–Kier alpha value is -1.17. The molecule has 1 aromatic heterocycles. The molecule has 1 heterocycles. The molecule has 2 N–H and O–H groups in total. The van der Waals surface area contributed by atoms with Crippen molar-refractivity contribution in [2.75, 3.05) is 6.54 Å². The third kappa shape index (κ3) is 3.65. The third-order valence-electron chi connectivity index (χ3n) is 2.41. The molecule has 0 aliphatic heterocycles. The lowest BCUT2D eigenvalue weighted by molar-refractivity contribution is 0.470. The van der Waals surface area contributed by atoms with Crippen LogP contribution in [0.2, 0.25) is 5.02 Å². The summed E-state index contributed by atoms with van der Waals surface area (Å²) in [6.45, 7) is 0.532. The summed E-state index contributed by atoms with van der Waals surface area (Å²) in [7, 11) is 0. The molecule has 0 fully saturated rings. The Labute approximate surface area is 123 Å². The fourth-order valence-corrected chi connectivity index (χ4v) is 2.25. The summed E-state index contributed by atoms with van der Waals surface area (Å²) in [5, 5.41) is 0.0363. The quantitative estimate of drug-likeness (QED) is 0.854. The van der Waals surface area contributed by atoms with E-state index in [9.17, 15) is 4.39 Å². The lowest BCUT2D eigenvalue weighted by Gasteiger charge is -2.09. The van der Waals surface area contributed by atoms with Crippen LogP contribution >= 0.6 is 27.5 Å². The van der Waals surface area contributed by atoms with Gasteiger partial charge in [0, 0.05) is 12.3 Å². The Bertz CT molecular complexity index is 595. The van der Waals surface area contributed by atoms with Gasteiger partial charge in [0.2, 0.25) is 0 Å². The molecule has 0 aliphatic carbocycles. The highest BCUT2D eigenvalue weighted by molar-refractivity contribution is 9.10. The molecule has 0 bridgehead atoms. The maximum atomic E-state index is 13.4. The van der Waals surface area contributed by atoms with Gasteiger partial charge in [-0.05, 0) is 46.6 Å². The molecule has 0 unspecified atom stereocenters. The predicted molar refractivity (Wildman–Crippen MR) is 76.2 cm³/mol. The van der Waals surface area contributed by atoms with E-state index in [0.717, 1.165) is 5.56 Å². The Kier molecular flexibility index (Phi) is 4.74. The molecule has 2 aromatic rings. The van der Waals surface area contributed by atoms with Gasteiger partial charge in [-0.25, -0.2) is 4.39 Å². The van der Waals surface area contributed by atoms with Gasteiger partial charge in [-0.2, -0.15) is 0 Å². The van der Waals surface area contributed by atoms with Gasteiger partial charge in [0.25, 0.3) is 0 Å². The lowest BCUT2D eigenvalue weighted by Crippen LogP contribution is -2.03. The highest BCUT2D eigenvalue weighted by Crippen LogP contribution is 2.33. The van der Waals surface area contributed by atoms with E-state index in [0.29, 0.717) is 28.9 Å². The van der Waals surface area contributed by atoms with Crippen molar-refractivity contribution in [1.29, 1.82) is 0 Å². The Morgan fingerprint density at radius 1 is 1.32 bits per heavy atom. The molecule has 0 aliphatic rings. The van der Waals surface area contributed by atoms with Crippen LogP contribution in [0, 0.1) is 5.82 Å². The molecule has 100 valence electrons. The molecule has 3 nitrogen and oxygen atoms in total. The van der Waals surface area contributed by atoms with Gasteiger partial charge in [-0.15, -0.1) is 0 Å². The first-order chi connectivity index (χ1) is 9.10. The minimum Gasteiger partial charge on any atom is -0.454 e. The van der Waals surface area contributed by atoms with E-state index < -0.39 is 5.82 Å². The Balaban J connectivity index is 2.25. The van der Waals surface area contributed by atoms with Crippen molar-refractivity contribution in [3.05, 3.63) is 51.5 Å². The fraction of sp³-hybridized carbons (Fsp3) is 0.154. The molecular weight excluding hydrogens is 335 g/mol. The summed E-state index contributed by atoms with van der Waals surface area (Å²) < 4.78 is 19.6. The van der Waals surface area contributed by atoms with Crippen LogP contribution in [0.4, 0.5) is 4.39 Å². The number of rotatable bonds is 4. The number of benzene rings is 1. The van der Waals surface area contributed by atoms with Crippen molar-refractivity contribution in [3.63, 3.8) is 0 Å². The summed E-state index contributed by atoms with van der Waals surface area (Å²) in [6, 6.07) is 4.49. The standard InChI is InChI=1S/C13H11BrClFN2O/c14-10-4-11(15)12(16)5-13(10)19-9-3-8(1-2-17)6-18-7-9/h3-7H,1-2,17H2. The summed E-state index contributed by atoms with van der Waals surface area (Å²) in [5.74, 6) is 0.327. The van der Waals surface area contributed by atoms with Gasteiger partial charge in [0.1, 0.15) is 17.3 Å². The number of nitrogens with zero attached hydrogens (tertiary/aromatic N) is 1. The van der Waals surface area contributed by atoms with E-state index >= 15 is 0 Å². The molecule has 0 saturated carbocycles.